The van der Waals surface area contributed by atoms with Crippen molar-refractivity contribution in [2.45, 2.75) is 26.3 Å². The zero-order valence-electron chi connectivity index (χ0n) is 11.2. The van der Waals surface area contributed by atoms with Crippen LogP contribution in [-0.4, -0.2) is 20.6 Å². The molecule has 0 aliphatic rings. The van der Waals surface area contributed by atoms with Gasteiger partial charge >= 0.3 is 5.97 Å². The lowest BCUT2D eigenvalue weighted by atomic mass is 9.93. The summed E-state index contributed by atoms with van der Waals surface area (Å²) in [6, 6.07) is 10.0. The summed E-state index contributed by atoms with van der Waals surface area (Å²) < 4.78 is 1.92. The topological polar surface area (TPSA) is 55.1 Å². The molecule has 2 aromatic rings. The lowest BCUT2D eigenvalue weighted by molar-refractivity contribution is -0.140. The predicted octanol–water partition coefficient (Wildman–Crippen LogP) is 2.76. The molecule has 0 saturated heterocycles. The van der Waals surface area contributed by atoms with Crippen molar-refractivity contribution in [3.05, 3.63) is 54.1 Å². The number of aliphatic carboxylic acids is 1. The van der Waals surface area contributed by atoms with Crippen molar-refractivity contribution in [2.75, 3.05) is 0 Å². The molecule has 0 bridgehead atoms. The second-order valence-electron chi connectivity index (χ2n) is 5.02. The highest BCUT2D eigenvalue weighted by Gasteiger charge is 2.25. The first-order valence-corrected chi connectivity index (χ1v) is 6.36. The number of carboxylic acid groups (broad SMARTS) is 1. The van der Waals surface area contributed by atoms with Crippen LogP contribution >= 0.6 is 0 Å². The van der Waals surface area contributed by atoms with Crippen molar-refractivity contribution in [1.82, 2.24) is 9.55 Å². The van der Waals surface area contributed by atoms with Crippen molar-refractivity contribution < 1.29 is 9.90 Å². The van der Waals surface area contributed by atoms with Crippen molar-refractivity contribution >= 4 is 5.97 Å². The average molecular weight is 258 g/mol. The second-order valence-corrected chi connectivity index (χ2v) is 5.02. The van der Waals surface area contributed by atoms with Crippen LogP contribution in [0.3, 0.4) is 0 Å². The fourth-order valence-electron chi connectivity index (χ4n) is 2.17. The van der Waals surface area contributed by atoms with E-state index in [0.29, 0.717) is 12.2 Å². The van der Waals surface area contributed by atoms with Gasteiger partial charge in [-0.1, -0.05) is 44.2 Å². The summed E-state index contributed by atoms with van der Waals surface area (Å²) in [7, 11) is 0. The van der Waals surface area contributed by atoms with Crippen molar-refractivity contribution in [2.24, 2.45) is 5.92 Å². The van der Waals surface area contributed by atoms with Crippen molar-refractivity contribution in [1.29, 1.82) is 0 Å². The largest absolute Gasteiger partial charge is 0.481 e. The molecule has 1 atom stereocenters. The molecule has 0 saturated carbocycles. The van der Waals surface area contributed by atoms with E-state index in [2.05, 4.69) is 4.98 Å². The Hall–Kier alpha value is -2.10. The van der Waals surface area contributed by atoms with Crippen LogP contribution in [0.4, 0.5) is 0 Å². The Labute approximate surface area is 112 Å². The van der Waals surface area contributed by atoms with Crippen molar-refractivity contribution in [3.63, 3.8) is 0 Å². The van der Waals surface area contributed by atoms with Gasteiger partial charge in [-0.3, -0.25) is 4.79 Å². The zero-order chi connectivity index (χ0) is 13.8. The summed E-state index contributed by atoms with van der Waals surface area (Å²) in [4.78, 5) is 15.5. The van der Waals surface area contributed by atoms with Crippen LogP contribution < -0.4 is 0 Å². The first-order valence-electron chi connectivity index (χ1n) is 6.36. The summed E-state index contributed by atoms with van der Waals surface area (Å²) in [5.74, 6) is -1.34. The molecule has 0 spiro atoms. The van der Waals surface area contributed by atoms with Gasteiger partial charge < -0.3 is 9.67 Å². The summed E-state index contributed by atoms with van der Waals surface area (Å²) in [6.45, 7) is 4.50. The third-order valence-electron chi connectivity index (χ3n) is 3.11. The Morgan fingerprint density at radius 2 is 2.00 bits per heavy atom. The first-order chi connectivity index (χ1) is 9.08. The van der Waals surface area contributed by atoms with Gasteiger partial charge in [0.15, 0.2) is 0 Å². The number of imidazole rings is 1. The fraction of sp³-hybridized carbons (Fsp3) is 0.333. The van der Waals surface area contributed by atoms with Crippen molar-refractivity contribution in [3.8, 4) is 0 Å². The van der Waals surface area contributed by atoms with Crippen LogP contribution in [0.15, 0.2) is 42.9 Å². The van der Waals surface area contributed by atoms with Gasteiger partial charge in [0, 0.05) is 12.7 Å². The molecule has 1 aromatic carbocycles. The first kappa shape index (κ1) is 13.3. The second kappa shape index (κ2) is 5.69. The van der Waals surface area contributed by atoms with Gasteiger partial charge in [-0.2, -0.15) is 0 Å². The molecule has 4 nitrogen and oxygen atoms in total. The van der Waals surface area contributed by atoms with Gasteiger partial charge in [-0.05, 0) is 11.5 Å². The maximum atomic E-state index is 11.3. The minimum absolute atomic E-state index is 0.0255. The zero-order valence-corrected chi connectivity index (χ0v) is 11.2. The summed E-state index contributed by atoms with van der Waals surface area (Å²) >= 11 is 0. The van der Waals surface area contributed by atoms with E-state index in [9.17, 15) is 9.90 Å². The highest BCUT2D eigenvalue weighted by molar-refractivity contribution is 5.75. The molecular weight excluding hydrogens is 240 g/mol. The van der Waals surface area contributed by atoms with E-state index in [1.54, 1.807) is 6.33 Å². The number of benzene rings is 1. The number of carbonyl (C=O) groups is 1. The number of aromatic nitrogens is 2. The van der Waals surface area contributed by atoms with E-state index >= 15 is 0 Å². The molecule has 0 aliphatic heterocycles. The Morgan fingerprint density at radius 3 is 2.58 bits per heavy atom. The number of nitrogens with zero attached hydrogens (tertiary/aromatic N) is 2. The molecule has 2 rings (SSSR count). The Bertz CT molecular complexity index is 546. The van der Waals surface area contributed by atoms with Crippen LogP contribution in [0.2, 0.25) is 0 Å². The molecule has 1 unspecified atom stereocenters. The van der Waals surface area contributed by atoms with Gasteiger partial charge in [-0.15, -0.1) is 0 Å². The minimum atomic E-state index is -0.819. The predicted molar refractivity (Wildman–Crippen MR) is 73.0 cm³/mol. The number of hydrogen-bond acceptors (Lipinski definition) is 2. The normalized spacial score (nSPS) is 12.6. The van der Waals surface area contributed by atoms with Gasteiger partial charge in [0.05, 0.1) is 12.0 Å². The number of rotatable bonds is 5. The van der Waals surface area contributed by atoms with Crippen LogP contribution in [0.25, 0.3) is 0 Å². The quantitative estimate of drug-likeness (QED) is 0.897. The number of hydrogen-bond donors (Lipinski definition) is 1. The molecule has 0 aliphatic carbocycles. The molecule has 0 amide bonds. The third kappa shape index (κ3) is 3.22. The monoisotopic (exact) mass is 258 g/mol. The molecule has 4 heteroatoms. The van der Waals surface area contributed by atoms with Gasteiger partial charge in [0.25, 0.3) is 0 Å². The Kier molecular flexibility index (Phi) is 4.00. The molecule has 0 fully saturated rings. The van der Waals surface area contributed by atoms with Gasteiger partial charge in [0.1, 0.15) is 5.92 Å². The maximum absolute atomic E-state index is 11.3. The van der Waals surface area contributed by atoms with E-state index in [0.717, 1.165) is 0 Å². The standard InChI is InChI=1S/C15H18N2O2/c1-11(2)14(15(18)19)13-9-17(10-16-13)8-12-6-4-3-5-7-12/h3-7,9-11,14H,8H2,1-2H3,(H,18,19). The molecule has 19 heavy (non-hydrogen) atoms. The third-order valence-corrected chi connectivity index (χ3v) is 3.11. The lowest BCUT2D eigenvalue weighted by Crippen LogP contribution is -2.17. The van der Waals surface area contributed by atoms with E-state index in [1.165, 1.54) is 5.56 Å². The average Bonchev–Trinajstić information content (AvgIpc) is 2.77. The number of carboxylic acids is 1. The van der Waals surface area contributed by atoms with E-state index in [1.807, 2.05) is 54.9 Å². The summed E-state index contributed by atoms with van der Waals surface area (Å²) in [5.41, 5.74) is 1.79. The molecule has 0 radical (unpaired) electrons. The summed E-state index contributed by atoms with van der Waals surface area (Å²) in [5, 5.41) is 9.25. The van der Waals surface area contributed by atoms with Crippen LogP contribution in [-0.2, 0) is 11.3 Å². The van der Waals surface area contributed by atoms with Crippen LogP contribution in [0.5, 0.6) is 0 Å². The molecule has 100 valence electrons. The SMILES string of the molecule is CC(C)C(C(=O)O)c1cn(Cc2ccccc2)cn1. The maximum Gasteiger partial charge on any atom is 0.312 e. The van der Waals surface area contributed by atoms with E-state index in [4.69, 9.17) is 0 Å². The highest BCUT2D eigenvalue weighted by Crippen LogP contribution is 2.23. The Balaban J connectivity index is 2.17. The molecule has 1 N–H and O–H groups in total. The molecule has 1 aromatic heterocycles. The highest BCUT2D eigenvalue weighted by atomic mass is 16.4. The van der Waals surface area contributed by atoms with Crippen LogP contribution in [0.1, 0.15) is 31.0 Å². The molecular formula is C15H18N2O2. The fourth-order valence-corrected chi connectivity index (χ4v) is 2.17. The summed E-state index contributed by atoms with van der Waals surface area (Å²) in [6.07, 6.45) is 3.52. The smallest absolute Gasteiger partial charge is 0.312 e. The minimum Gasteiger partial charge on any atom is -0.481 e. The Morgan fingerprint density at radius 1 is 1.32 bits per heavy atom. The van der Waals surface area contributed by atoms with Crippen LogP contribution in [0, 0.1) is 5.92 Å². The van der Waals surface area contributed by atoms with E-state index < -0.39 is 11.9 Å². The van der Waals surface area contributed by atoms with Gasteiger partial charge in [-0.25, -0.2) is 4.98 Å². The molecule has 1 heterocycles. The lowest BCUT2D eigenvalue weighted by Gasteiger charge is -2.13. The van der Waals surface area contributed by atoms with Gasteiger partial charge in [0.2, 0.25) is 0 Å². The van der Waals surface area contributed by atoms with E-state index in [-0.39, 0.29) is 5.92 Å².